The summed E-state index contributed by atoms with van der Waals surface area (Å²) < 4.78 is 13.8. The largest absolute Gasteiger partial charge is 0.383 e. The Hall–Kier alpha value is -0.890. The van der Waals surface area contributed by atoms with Gasteiger partial charge >= 0.3 is 0 Å². The van der Waals surface area contributed by atoms with Gasteiger partial charge in [0.15, 0.2) is 0 Å². The van der Waals surface area contributed by atoms with Crippen molar-refractivity contribution in [2.24, 2.45) is 0 Å². The van der Waals surface area contributed by atoms with E-state index in [2.05, 4.69) is 46.4 Å². The molecule has 3 nitrogen and oxygen atoms in total. The van der Waals surface area contributed by atoms with E-state index in [1.165, 1.54) is 12.1 Å². The van der Waals surface area contributed by atoms with Gasteiger partial charge in [-0.3, -0.25) is 0 Å². The second kappa shape index (κ2) is 6.71. The van der Waals surface area contributed by atoms with Crippen molar-refractivity contribution in [3.63, 3.8) is 0 Å². The maximum absolute atomic E-state index is 12.8. The van der Waals surface area contributed by atoms with Crippen molar-refractivity contribution in [1.82, 2.24) is 9.97 Å². The van der Waals surface area contributed by atoms with Gasteiger partial charge in [-0.25, -0.2) is 14.4 Å². The SMILES string of the molecule is CC(C)c1nc(CSc2ccc(F)cc2)nc(N)c1I. The lowest BCUT2D eigenvalue weighted by atomic mass is 10.1. The van der Waals surface area contributed by atoms with Crippen LogP contribution in [0.25, 0.3) is 0 Å². The highest BCUT2D eigenvalue weighted by Crippen LogP contribution is 2.26. The highest BCUT2D eigenvalue weighted by molar-refractivity contribution is 14.1. The highest BCUT2D eigenvalue weighted by Gasteiger charge is 2.13. The minimum Gasteiger partial charge on any atom is -0.383 e. The fraction of sp³-hybridized carbons (Fsp3) is 0.286. The Bertz CT molecular complexity index is 602. The van der Waals surface area contributed by atoms with Crippen molar-refractivity contribution in [3.05, 3.63) is 45.2 Å². The fourth-order valence-corrected chi connectivity index (χ4v) is 3.28. The van der Waals surface area contributed by atoms with E-state index in [1.54, 1.807) is 23.9 Å². The first kappa shape index (κ1) is 15.5. The molecule has 0 amide bonds. The minimum atomic E-state index is -0.230. The second-order valence-corrected chi connectivity index (χ2v) is 6.75. The van der Waals surface area contributed by atoms with Gasteiger partial charge in [0.05, 0.1) is 15.0 Å². The molecule has 0 atom stereocenters. The zero-order valence-corrected chi connectivity index (χ0v) is 14.2. The van der Waals surface area contributed by atoms with Gasteiger partial charge in [-0.15, -0.1) is 11.8 Å². The number of nitrogens with zero attached hydrogens (tertiary/aromatic N) is 2. The standard InChI is InChI=1S/C14H15FIN3S/c1-8(2)13-12(16)14(17)19-11(18-13)7-20-10-5-3-9(15)4-6-10/h3-6,8H,7H2,1-2H3,(H2,17,18,19). The van der Waals surface area contributed by atoms with Crippen LogP contribution in [-0.2, 0) is 5.75 Å². The van der Waals surface area contributed by atoms with Crippen LogP contribution < -0.4 is 5.73 Å². The molecule has 1 aromatic carbocycles. The first-order valence-corrected chi connectivity index (χ1v) is 8.24. The molecular weight excluding hydrogens is 388 g/mol. The Labute approximate surface area is 135 Å². The number of aromatic nitrogens is 2. The summed E-state index contributed by atoms with van der Waals surface area (Å²) in [6.45, 7) is 4.17. The van der Waals surface area contributed by atoms with E-state index in [4.69, 9.17) is 5.73 Å². The second-order valence-electron chi connectivity index (χ2n) is 4.62. The molecule has 2 aromatic rings. The number of hydrogen-bond donors (Lipinski definition) is 1. The molecular formula is C14H15FIN3S. The van der Waals surface area contributed by atoms with Crippen molar-refractivity contribution in [3.8, 4) is 0 Å². The predicted molar refractivity (Wildman–Crippen MR) is 89.2 cm³/mol. The quantitative estimate of drug-likeness (QED) is 0.614. The molecule has 0 saturated heterocycles. The van der Waals surface area contributed by atoms with Gasteiger partial charge in [-0.1, -0.05) is 13.8 Å². The molecule has 0 aliphatic rings. The van der Waals surface area contributed by atoms with Crippen LogP contribution in [0.4, 0.5) is 10.2 Å². The maximum Gasteiger partial charge on any atom is 0.141 e. The molecule has 2 rings (SSSR count). The number of benzene rings is 1. The molecule has 0 saturated carbocycles. The van der Waals surface area contributed by atoms with Crippen LogP contribution in [0.5, 0.6) is 0 Å². The number of rotatable bonds is 4. The number of nitrogen functional groups attached to an aromatic ring is 1. The van der Waals surface area contributed by atoms with Gasteiger partial charge < -0.3 is 5.73 Å². The summed E-state index contributed by atoms with van der Waals surface area (Å²) in [6.07, 6.45) is 0. The van der Waals surface area contributed by atoms with Crippen molar-refractivity contribution >= 4 is 40.2 Å². The first-order chi connectivity index (χ1) is 9.47. The van der Waals surface area contributed by atoms with E-state index in [1.807, 2.05) is 0 Å². The van der Waals surface area contributed by atoms with E-state index in [0.717, 1.165) is 14.2 Å². The van der Waals surface area contributed by atoms with Gasteiger partial charge in [0, 0.05) is 4.90 Å². The summed E-state index contributed by atoms with van der Waals surface area (Å²) in [7, 11) is 0. The zero-order chi connectivity index (χ0) is 14.7. The Morgan fingerprint density at radius 2 is 1.90 bits per heavy atom. The molecule has 1 aromatic heterocycles. The number of nitrogens with two attached hydrogens (primary N) is 1. The van der Waals surface area contributed by atoms with E-state index in [0.29, 0.717) is 23.3 Å². The number of halogens is 2. The average Bonchev–Trinajstić information content (AvgIpc) is 2.41. The molecule has 0 aliphatic carbocycles. The Balaban J connectivity index is 2.15. The summed E-state index contributed by atoms with van der Waals surface area (Å²) in [6, 6.07) is 6.40. The average molecular weight is 403 g/mol. The van der Waals surface area contributed by atoms with Crippen LogP contribution in [0.1, 0.15) is 31.3 Å². The Kier molecular flexibility index (Phi) is 5.20. The summed E-state index contributed by atoms with van der Waals surface area (Å²) in [5, 5.41) is 0. The summed E-state index contributed by atoms with van der Waals surface area (Å²) >= 11 is 3.75. The summed E-state index contributed by atoms with van der Waals surface area (Å²) in [5.41, 5.74) is 6.91. The van der Waals surface area contributed by atoms with E-state index < -0.39 is 0 Å². The van der Waals surface area contributed by atoms with Gasteiger partial charge in [0.25, 0.3) is 0 Å². The predicted octanol–water partition coefficient (Wildman–Crippen LogP) is 4.22. The Morgan fingerprint density at radius 1 is 1.25 bits per heavy atom. The van der Waals surface area contributed by atoms with Crippen LogP contribution in [-0.4, -0.2) is 9.97 Å². The molecule has 6 heteroatoms. The first-order valence-electron chi connectivity index (χ1n) is 6.17. The number of anilines is 1. The number of thioether (sulfide) groups is 1. The monoisotopic (exact) mass is 403 g/mol. The van der Waals surface area contributed by atoms with E-state index in [-0.39, 0.29) is 5.82 Å². The smallest absolute Gasteiger partial charge is 0.141 e. The maximum atomic E-state index is 12.8. The third-order valence-electron chi connectivity index (χ3n) is 2.68. The van der Waals surface area contributed by atoms with Crippen LogP contribution >= 0.6 is 34.4 Å². The summed E-state index contributed by atoms with van der Waals surface area (Å²) in [5.74, 6) is 1.93. The topological polar surface area (TPSA) is 51.8 Å². The summed E-state index contributed by atoms with van der Waals surface area (Å²) in [4.78, 5) is 9.87. The molecule has 0 spiro atoms. The molecule has 0 radical (unpaired) electrons. The van der Waals surface area contributed by atoms with Gasteiger partial charge in [-0.05, 0) is 52.8 Å². The van der Waals surface area contributed by atoms with Crippen molar-refractivity contribution < 1.29 is 4.39 Å². The molecule has 2 N–H and O–H groups in total. The highest BCUT2D eigenvalue weighted by atomic mass is 127. The van der Waals surface area contributed by atoms with Crippen LogP contribution in [0.3, 0.4) is 0 Å². The Morgan fingerprint density at radius 3 is 2.50 bits per heavy atom. The lowest BCUT2D eigenvalue weighted by molar-refractivity contribution is 0.626. The van der Waals surface area contributed by atoms with Crippen molar-refractivity contribution in [2.75, 3.05) is 5.73 Å². The zero-order valence-electron chi connectivity index (χ0n) is 11.2. The molecule has 106 valence electrons. The van der Waals surface area contributed by atoms with E-state index >= 15 is 0 Å². The minimum absolute atomic E-state index is 0.230. The fourth-order valence-electron chi connectivity index (χ4n) is 1.66. The van der Waals surface area contributed by atoms with Crippen LogP contribution in [0.2, 0.25) is 0 Å². The molecule has 0 unspecified atom stereocenters. The van der Waals surface area contributed by atoms with E-state index in [9.17, 15) is 4.39 Å². The normalized spacial score (nSPS) is 11.1. The molecule has 20 heavy (non-hydrogen) atoms. The molecule has 1 heterocycles. The van der Waals surface area contributed by atoms with Crippen molar-refractivity contribution in [1.29, 1.82) is 0 Å². The third-order valence-corrected chi connectivity index (χ3v) is 4.79. The van der Waals surface area contributed by atoms with Gasteiger partial charge in [0.2, 0.25) is 0 Å². The molecule has 0 fully saturated rings. The molecule has 0 bridgehead atoms. The van der Waals surface area contributed by atoms with Crippen molar-refractivity contribution in [2.45, 2.75) is 30.4 Å². The van der Waals surface area contributed by atoms with Gasteiger partial charge in [0.1, 0.15) is 17.5 Å². The molecule has 0 aliphatic heterocycles. The lowest BCUT2D eigenvalue weighted by Gasteiger charge is -2.11. The lowest BCUT2D eigenvalue weighted by Crippen LogP contribution is -2.07. The van der Waals surface area contributed by atoms with Crippen LogP contribution in [0.15, 0.2) is 29.2 Å². The van der Waals surface area contributed by atoms with Crippen LogP contribution in [0, 0.1) is 9.39 Å². The van der Waals surface area contributed by atoms with Gasteiger partial charge in [-0.2, -0.15) is 0 Å². The third kappa shape index (κ3) is 3.82. The number of hydrogen-bond acceptors (Lipinski definition) is 4.